The monoisotopic (exact) mass is 395 g/mol. The molecule has 2 fully saturated rings. The molecule has 5 nitrogen and oxygen atoms in total. The van der Waals surface area contributed by atoms with Crippen LogP contribution in [0.15, 0.2) is 48.5 Å². The molecule has 2 aromatic carbocycles. The minimum atomic E-state index is -0.375. The Morgan fingerprint density at radius 2 is 1.72 bits per heavy atom. The standard InChI is InChI=1S/C23H26FN3O2/c24-18-9-7-16(8-10-18)22(28)26-19-11-5-15(6-12-19)14-25-23(29)21-13-17-3-1-2-4-20(17)27-21/h5-12,17,20-21,27H,1-4,13-14H2,(H,25,29)(H,26,28). The van der Waals surface area contributed by atoms with Gasteiger partial charge in [-0.05, 0) is 67.1 Å². The molecule has 2 aromatic rings. The van der Waals surface area contributed by atoms with E-state index >= 15 is 0 Å². The number of anilines is 1. The van der Waals surface area contributed by atoms with Gasteiger partial charge < -0.3 is 16.0 Å². The minimum Gasteiger partial charge on any atom is -0.351 e. The van der Waals surface area contributed by atoms with Gasteiger partial charge in [-0.3, -0.25) is 9.59 Å². The first-order valence-electron chi connectivity index (χ1n) is 10.3. The van der Waals surface area contributed by atoms with Crippen molar-refractivity contribution in [1.82, 2.24) is 10.6 Å². The molecule has 0 spiro atoms. The summed E-state index contributed by atoms with van der Waals surface area (Å²) in [6.07, 6.45) is 5.88. The predicted molar refractivity (Wildman–Crippen MR) is 110 cm³/mol. The summed E-state index contributed by atoms with van der Waals surface area (Å²) in [5.74, 6) is 0.0379. The second-order valence-electron chi connectivity index (χ2n) is 7.98. The Hall–Kier alpha value is -2.73. The van der Waals surface area contributed by atoms with Crippen molar-refractivity contribution in [2.75, 3.05) is 5.32 Å². The second kappa shape index (κ2) is 8.74. The van der Waals surface area contributed by atoms with Gasteiger partial charge in [0.15, 0.2) is 0 Å². The molecule has 1 saturated heterocycles. The topological polar surface area (TPSA) is 70.2 Å². The highest BCUT2D eigenvalue weighted by Gasteiger charge is 2.37. The van der Waals surface area contributed by atoms with Gasteiger partial charge in [-0.2, -0.15) is 0 Å². The highest BCUT2D eigenvalue weighted by molar-refractivity contribution is 6.04. The van der Waals surface area contributed by atoms with Crippen LogP contribution in [0.5, 0.6) is 0 Å². The van der Waals surface area contributed by atoms with Crippen molar-refractivity contribution in [1.29, 1.82) is 0 Å². The lowest BCUT2D eigenvalue weighted by molar-refractivity contribution is -0.123. The van der Waals surface area contributed by atoms with Crippen molar-refractivity contribution in [3.8, 4) is 0 Å². The molecule has 1 aliphatic carbocycles. The molecule has 1 saturated carbocycles. The number of carbonyl (C=O) groups excluding carboxylic acids is 2. The largest absolute Gasteiger partial charge is 0.351 e. The predicted octanol–water partition coefficient (Wildman–Crippen LogP) is 3.61. The molecule has 29 heavy (non-hydrogen) atoms. The first kappa shape index (κ1) is 19.6. The Balaban J connectivity index is 1.26. The lowest BCUT2D eigenvalue weighted by Gasteiger charge is -2.24. The molecule has 0 bridgehead atoms. The number of benzene rings is 2. The van der Waals surface area contributed by atoms with E-state index in [1.807, 2.05) is 12.1 Å². The Kier molecular flexibility index (Phi) is 5.90. The van der Waals surface area contributed by atoms with Crippen LogP contribution in [0.2, 0.25) is 0 Å². The SMILES string of the molecule is O=C(Nc1ccc(CNC(=O)C2CC3CCCCC3N2)cc1)c1ccc(F)cc1. The van der Waals surface area contributed by atoms with Crippen LogP contribution in [0, 0.1) is 11.7 Å². The summed E-state index contributed by atoms with van der Waals surface area (Å²) in [5, 5.41) is 9.30. The molecular weight excluding hydrogens is 369 g/mol. The second-order valence-corrected chi connectivity index (χ2v) is 7.98. The minimum absolute atomic E-state index is 0.0630. The number of carbonyl (C=O) groups is 2. The van der Waals surface area contributed by atoms with E-state index in [0.717, 1.165) is 12.0 Å². The zero-order valence-electron chi connectivity index (χ0n) is 16.3. The van der Waals surface area contributed by atoms with Crippen LogP contribution in [0.25, 0.3) is 0 Å². The van der Waals surface area contributed by atoms with Crippen LogP contribution < -0.4 is 16.0 Å². The van der Waals surface area contributed by atoms with Crippen LogP contribution in [-0.4, -0.2) is 23.9 Å². The van der Waals surface area contributed by atoms with Crippen molar-refractivity contribution in [3.05, 3.63) is 65.5 Å². The number of hydrogen-bond acceptors (Lipinski definition) is 3. The smallest absolute Gasteiger partial charge is 0.255 e. The fraction of sp³-hybridized carbons (Fsp3) is 0.391. The van der Waals surface area contributed by atoms with E-state index in [0.29, 0.717) is 29.8 Å². The summed E-state index contributed by atoms with van der Waals surface area (Å²) in [6, 6.07) is 13.2. The molecule has 152 valence electrons. The van der Waals surface area contributed by atoms with E-state index < -0.39 is 0 Å². The van der Waals surface area contributed by atoms with Crippen molar-refractivity contribution >= 4 is 17.5 Å². The van der Waals surface area contributed by atoms with Gasteiger partial charge in [0.1, 0.15) is 5.82 Å². The maximum Gasteiger partial charge on any atom is 0.255 e. The van der Waals surface area contributed by atoms with Gasteiger partial charge in [0.05, 0.1) is 6.04 Å². The molecule has 0 radical (unpaired) electrons. The zero-order chi connectivity index (χ0) is 20.2. The van der Waals surface area contributed by atoms with E-state index in [-0.39, 0.29) is 23.7 Å². The summed E-state index contributed by atoms with van der Waals surface area (Å²) in [7, 11) is 0. The molecule has 3 N–H and O–H groups in total. The van der Waals surface area contributed by atoms with Gasteiger partial charge in [-0.15, -0.1) is 0 Å². The maximum atomic E-state index is 13.0. The van der Waals surface area contributed by atoms with Gasteiger partial charge in [0.25, 0.3) is 5.91 Å². The van der Waals surface area contributed by atoms with Gasteiger partial charge in [0.2, 0.25) is 5.91 Å². The van der Waals surface area contributed by atoms with Crippen LogP contribution in [0.1, 0.15) is 48.0 Å². The van der Waals surface area contributed by atoms with E-state index in [1.165, 1.54) is 49.9 Å². The Labute approximate surface area is 170 Å². The molecule has 0 aromatic heterocycles. The highest BCUT2D eigenvalue weighted by Crippen LogP contribution is 2.33. The third-order valence-corrected chi connectivity index (χ3v) is 5.96. The number of amides is 2. The van der Waals surface area contributed by atoms with E-state index in [2.05, 4.69) is 16.0 Å². The fourth-order valence-corrected chi connectivity index (χ4v) is 4.34. The fourth-order valence-electron chi connectivity index (χ4n) is 4.34. The van der Waals surface area contributed by atoms with Crippen molar-refractivity contribution < 1.29 is 14.0 Å². The Bertz CT molecular complexity index is 853. The summed E-state index contributed by atoms with van der Waals surface area (Å²) in [6.45, 7) is 0.457. The Morgan fingerprint density at radius 1 is 1.00 bits per heavy atom. The lowest BCUT2D eigenvalue weighted by atomic mass is 9.85. The summed E-state index contributed by atoms with van der Waals surface area (Å²) >= 11 is 0. The van der Waals surface area contributed by atoms with Crippen molar-refractivity contribution in [3.63, 3.8) is 0 Å². The van der Waals surface area contributed by atoms with Crippen LogP contribution in [-0.2, 0) is 11.3 Å². The summed E-state index contributed by atoms with van der Waals surface area (Å²) in [4.78, 5) is 24.7. The first-order chi connectivity index (χ1) is 14.1. The van der Waals surface area contributed by atoms with E-state index in [4.69, 9.17) is 0 Å². The first-order valence-corrected chi connectivity index (χ1v) is 10.3. The Morgan fingerprint density at radius 3 is 2.45 bits per heavy atom. The molecule has 2 amide bonds. The molecule has 3 atom stereocenters. The van der Waals surface area contributed by atoms with Crippen LogP contribution in [0.4, 0.5) is 10.1 Å². The molecule has 1 heterocycles. The van der Waals surface area contributed by atoms with Gasteiger partial charge in [0, 0.05) is 23.8 Å². The lowest BCUT2D eigenvalue weighted by Crippen LogP contribution is -2.42. The van der Waals surface area contributed by atoms with Crippen LogP contribution >= 0.6 is 0 Å². The van der Waals surface area contributed by atoms with Crippen LogP contribution in [0.3, 0.4) is 0 Å². The van der Waals surface area contributed by atoms with Crippen molar-refractivity contribution in [2.24, 2.45) is 5.92 Å². The number of halogens is 1. The van der Waals surface area contributed by atoms with Gasteiger partial charge >= 0.3 is 0 Å². The quantitative estimate of drug-likeness (QED) is 0.724. The highest BCUT2D eigenvalue weighted by atomic mass is 19.1. The van der Waals surface area contributed by atoms with Gasteiger partial charge in [-0.25, -0.2) is 4.39 Å². The maximum absolute atomic E-state index is 13.0. The number of fused-ring (bicyclic) bond motifs is 1. The average molecular weight is 395 g/mol. The molecule has 4 rings (SSSR count). The molecule has 6 heteroatoms. The van der Waals surface area contributed by atoms with Gasteiger partial charge in [-0.1, -0.05) is 25.0 Å². The normalized spacial score (nSPS) is 23.3. The summed E-state index contributed by atoms with van der Waals surface area (Å²) in [5.41, 5.74) is 2.01. The molecule has 1 aliphatic heterocycles. The average Bonchev–Trinajstić information content (AvgIpc) is 3.18. The van der Waals surface area contributed by atoms with Crippen molar-refractivity contribution in [2.45, 2.75) is 50.7 Å². The molecule has 2 aliphatic rings. The van der Waals surface area contributed by atoms with E-state index in [1.54, 1.807) is 12.1 Å². The molecule has 3 unspecified atom stereocenters. The third kappa shape index (κ3) is 4.82. The molecular formula is C23H26FN3O2. The number of rotatable bonds is 5. The van der Waals surface area contributed by atoms with E-state index in [9.17, 15) is 14.0 Å². The number of nitrogens with one attached hydrogen (secondary N) is 3. The summed E-state index contributed by atoms with van der Waals surface area (Å²) < 4.78 is 13.0. The third-order valence-electron chi connectivity index (χ3n) is 5.96. The number of hydrogen-bond donors (Lipinski definition) is 3. The zero-order valence-corrected chi connectivity index (χ0v) is 16.3.